The molecule has 1 saturated heterocycles. The quantitative estimate of drug-likeness (QED) is 0.504. The van der Waals surface area contributed by atoms with E-state index in [1.54, 1.807) is 28.0 Å². The largest absolute Gasteiger partial charge is 0.370 e. The van der Waals surface area contributed by atoms with Crippen molar-refractivity contribution in [3.63, 3.8) is 0 Å². The van der Waals surface area contributed by atoms with Crippen LogP contribution in [-0.2, 0) is 4.79 Å². The van der Waals surface area contributed by atoms with E-state index in [9.17, 15) is 9.59 Å². The number of carbonyl (C=O) groups excluding carboxylic acids is 2. The molecule has 2 aliphatic heterocycles. The highest BCUT2D eigenvalue weighted by Gasteiger charge is 2.45. The summed E-state index contributed by atoms with van der Waals surface area (Å²) in [6.07, 6.45) is 0.984. The van der Waals surface area contributed by atoms with Gasteiger partial charge < -0.3 is 16.0 Å². The third-order valence-corrected chi connectivity index (χ3v) is 5.96. The molecule has 0 bridgehead atoms. The molecule has 0 aromatic carbocycles. The van der Waals surface area contributed by atoms with Gasteiger partial charge in [0.15, 0.2) is 10.3 Å². The predicted octanol–water partition coefficient (Wildman–Crippen LogP) is -0.0727. The Kier molecular flexibility index (Phi) is 4.90. The summed E-state index contributed by atoms with van der Waals surface area (Å²) in [6, 6.07) is -0.116. The maximum absolute atomic E-state index is 12.2. The average Bonchev–Trinajstić information content (AvgIpc) is 3.08. The number of hydrogen-bond donors (Lipinski definition) is 3. The van der Waals surface area contributed by atoms with Crippen molar-refractivity contribution in [1.82, 2.24) is 25.7 Å². The van der Waals surface area contributed by atoms with Crippen molar-refractivity contribution in [2.45, 2.75) is 29.6 Å². The van der Waals surface area contributed by atoms with Gasteiger partial charge in [-0.2, -0.15) is 0 Å². The number of likely N-dealkylation sites (tertiary alicyclic amines) is 1. The molecule has 24 heavy (non-hydrogen) atoms. The lowest BCUT2D eigenvalue weighted by atomic mass is 9.88. The zero-order valence-electron chi connectivity index (χ0n) is 13.2. The van der Waals surface area contributed by atoms with Crippen molar-refractivity contribution in [2.75, 3.05) is 25.4 Å². The van der Waals surface area contributed by atoms with Crippen LogP contribution in [0, 0.1) is 6.92 Å². The van der Waals surface area contributed by atoms with Gasteiger partial charge in [-0.05, 0) is 19.8 Å². The molecule has 1 fully saturated rings. The van der Waals surface area contributed by atoms with Crippen LogP contribution in [0.15, 0.2) is 9.33 Å². The van der Waals surface area contributed by atoms with Crippen molar-refractivity contribution in [1.29, 1.82) is 0 Å². The number of piperidine rings is 1. The molecule has 3 amide bonds. The molecule has 0 aliphatic carbocycles. The zero-order valence-corrected chi connectivity index (χ0v) is 14.9. The molecule has 3 rings (SSSR count). The van der Waals surface area contributed by atoms with E-state index in [0.717, 1.165) is 15.1 Å². The summed E-state index contributed by atoms with van der Waals surface area (Å²) in [5.41, 5.74) is 4.78. The van der Waals surface area contributed by atoms with Gasteiger partial charge in [0.25, 0.3) is 5.91 Å². The molecule has 4 N–H and O–H groups in total. The second-order valence-corrected chi connectivity index (χ2v) is 8.16. The Labute approximate surface area is 147 Å². The minimum absolute atomic E-state index is 0.116. The van der Waals surface area contributed by atoms with Crippen LogP contribution < -0.4 is 16.4 Å². The van der Waals surface area contributed by atoms with Gasteiger partial charge in [-0.1, -0.05) is 23.1 Å². The van der Waals surface area contributed by atoms with E-state index >= 15 is 0 Å². The van der Waals surface area contributed by atoms with Gasteiger partial charge in [-0.25, -0.2) is 9.79 Å². The Hall–Kier alpha value is -1.88. The molecular formula is C13H19N7O2S2. The van der Waals surface area contributed by atoms with E-state index in [-0.39, 0.29) is 17.9 Å². The van der Waals surface area contributed by atoms with Crippen LogP contribution in [0.1, 0.15) is 17.8 Å². The Bertz CT molecular complexity index is 667. The summed E-state index contributed by atoms with van der Waals surface area (Å²) in [5.74, 6) is 0.743. The van der Waals surface area contributed by atoms with Gasteiger partial charge in [0.2, 0.25) is 0 Å². The van der Waals surface area contributed by atoms with Gasteiger partial charge in [0.1, 0.15) is 10.5 Å². The monoisotopic (exact) mass is 369 g/mol. The molecule has 3 heterocycles. The first kappa shape index (κ1) is 17.0. The number of nitrogens with two attached hydrogens (primary N) is 1. The van der Waals surface area contributed by atoms with E-state index in [0.29, 0.717) is 32.5 Å². The lowest BCUT2D eigenvalue weighted by molar-refractivity contribution is -0.125. The zero-order chi connectivity index (χ0) is 17.2. The predicted molar refractivity (Wildman–Crippen MR) is 92.1 cm³/mol. The summed E-state index contributed by atoms with van der Waals surface area (Å²) in [4.78, 5) is 30.1. The summed E-state index contributed by atoms with van der Waals surface area (Å²) in [6.45, 7) is 3.43. The van der Waals surface area contributed by atoms with Crippen LogP contribution in [0.25, 0.3) is 0 Å². The van der Waals surface area contributed by atoms with Gasteiger partial charge >= 0.3 is 6.03 Å². The second-order valence-electron chi connectivity index (χ2n) is 5.64. The fraction of sp³-hybridized carbons (Fsp3) is 0.615. The maximum Gasteiger partial charge on any atom is 0.317 e. The summed E-state index contributed by atoms with van der Waals surface area (Å²) in [5, 5.41) is 14.3. The van der Waals surface area contributed by atoms with E-state index in [1.807, 2.05) is 6.92 Å². The van der Waals surface area contributed by atoms with Crippen molar-refractivity contribution >= 4 is 41.0 Å². The van der Waals surface area contributed by atoms with Gasteiger partial charge in [0.05, 0.1) is 0 Å². The number of hydrogen-bond acceptors (Lipinski definition) is 8. The molecule has 1 aromatic rings. The van der Waals surface area contributed by atoms with Crippen LogP contribution in [0.4, 0.5) is 4.79 Å². The Morgan fingerprint density at radius 2 is 2.21 bits per heavy atom. The third-order valence-electron chi connectivity index (χ3n) is 3.99. The lowest BCUT2D eigenvalue weighted by Crippen LogP contribution is -2.52. The highest BCUT2D eigenvalue weighted by atomic mass is 32.2. The Balaban J connectivity index is 1.40. The highest BCUT2D eigenvalue weighted by molar-refractivity contribution is 8.01. The minimum Gasteiger partial charge on any atom is -0.370 e. The van der Waals surface area contributed by atoms with Crippen molar-refractivity contribution < 1.29 is 9.59 Å². The number of thioether (sulfide) groups is 1. The fourth-order valence-corrected chi connectivity index (χ4v) is 4.45. The maximum atomic E-state index is 12.2. The van der Waals surface area contributed by atoms with Crippen LogP contribution in [-0.4, -0.2) is 63.9 Å². The standard InChI is InChI=1S/C13H19N7O2S2/c1-8-18-19-12(24-8)23-7-4-15-11(22)20-5-2-13(3-6-20)9(21)16-10(14)17-13/h2-7H2,1H3,(H,15,22)(H3,14,16,17,21). The Morgan fingerprint density at radius 1 is 1.46 bits per heavy atom. The molecule has 0 unspecified atom stereocenters. The van der Waals surface area contributed by atoms with E-state index < -0.39 is 5.54 Å². The van der Waals surface area contributed by atoms with Crippen LogP contribution in [0.2, 0.25) is 0 Å². The smallest absolute Gasteiger partial charge is 0.317 e. The van der Waals surface area contributed by atoms with E-state index in [2.05, 4.69) is 25.8 Å². The number of rotatable bonds is 4. The lowest BCUT2D eigenvalue weighted by Gasteiger charge is -2.35. The first-order chi connectivity index (χ1) is 11.5. The molecule has 1 aromatic heterocycles. The molecule has 0 saturated carbocycles. The number of nitrogens with zero attached hydrogens (tertiary/aromatic N) is 4. The number of amides is 3. The number of aryl methyl sites for hydroxylation is 1. The number of urea groups is 1. The SMILES string of the molecule is Cc1nnc(SCCNC(=O)N2CCC3(CC2)N=C(N)NC3=O)s1. The van der Waals surface area contributed by atoms with Crippen molar-refractivity contribution in [3.8, 4) is 0 Å². The number of aliphatic imine (C=N–C) groups is 1. The number of aromatic nitrogens is 2. The van der Waals surface area contributed by atoms with Crippen LogP contribution in [0.5, 0.6) is 0 Å². The number of nitrogens with one attached hydrogen (secondary N) is 2. The van der Waals surface area contributed by atoms with Crippen LogP contribution in [0.3, 0.4) is 0 Å². The fourth-order valence-electron chi connectivity index (χ4n) is 2.71. The molecular weight excluding hydrogens is 350 g/mol. The van der Waals surface area contributed by atoms with Crippen LogP contribution >= 0.6 is 23.1 Å². The summed E-state index contributed by atoms with van der Waals surface area (Å²) >= 11 is 3.12. The van der Waals surface area contributed by atoms with Gasteiger partial charge in [-0.15, -0.1) is 10.2 Å². The molecule has 2 aliphatic rings. The summed E-state index contributed by atoms with van der Waals surface area (Å²) < 4.78 is 0.907. The molecule has 9 nitrogen and oxygen atoms in total. The average molecular weight is 369 g/mol. The second kappa shape index (κ2) is 6.93. The third kappa shape index (κ3) is 3.61. The number of carbonyl (C=O) groups is 2. The summed E-state index contributed by atoms with van der Waals surface area (Å²) in [7, 11) is 0. The first-order valence-electron chi connectivity index (χ1n) is 7.61. The van der Waals surface area contributed by atoms with Gasteiger partial charge in [-0.3, -0.25) is 10.1 Å². The normalized spacial score (nSPS) is 19.3. The van der Waals surface area contributed by atoms with Gasteiger partial charge in [0, 0.05) is 25.4 Å². The van der Waals surface area contributed by atoms with Crippen molar-refractivity contribution in [2.24, 2.45) is 10.7 Å². The van der Waals surface area contributed by atoms with Crippen molar-refractivity contribution in [3.05, 3.63) is 5.01 Å². The topological polar surface area (TPSA) is 126 Å². The first-order valence-corrected chi connectivity index (χ1v) is 9.41. The van der Waals surface area contributed by atoms with E-state index in [1.165, 1.54) is 0 Å². The Morgan fingerprint density at radius 3 is 2.79 bits per heavy atom. The number of guanidine groups is 1. The molecule has 11 heteroatoms. The molecule has 1 spiro atoms. The molecule has 0 radical (unpaired) electrons. The van der Waals surface area contributed by atoms with E-state index in [4.69, 9.17) is 5.73 Å². The highest BCUT2D eigenvalue weighted by Crippen LogP contribution is 2.29. The molecule has 0 atom stereocenters. The molecule has 130 valence electrons. The minimum atomic E-state index is -0.785.